The molecule has 1 aliphatic heterocycles. The molecule has 0 saturated heterocycles. The second-order valence-electron chi connectivity index (χ2n) is 6.92. The fourth-order valence-electron chi connectivity index (χ4n) is 2.88. The van der Waals surface area contributed by atoms with E-state index in [2.05, 4.69) is 5.32 Å². The maximum atomic E-state index is 12.5. The molecule has 0 bridgehead atoms. The van der Waals surface area contributed by atoms with Gasteiger partial charge < -0.3 is 10.2 Å². The van der Waals surface area contributed by atoms with E-state index in [1.165, 1.54) is 13.0 Å². The number of nitrogens with one attached hydrogen (secondary N) is 1. The fraction of sp³-hybridized carbons (Fsp3) is 0.500. The number of fused-ring (bicyclic) bond motifs is 1. The van der Waals surface area contributed by atoms with Gasteiger partial charge in [-0.2, -0.15) is 5.26 Å². The molecule has 0 radical (unpaired) electrons. The minimum atomic E-state index is -3.64. The number of carbonyl (C=O) groups excluding carboxylic acids is 2. The van der Waals surface area contributed by atoms with E-state index < -0.39 is 21.3 Å². The Morgan fingerprint density at radius 1 is 1.35 bits per heavy atom. The van der Waals surface area contributed by atoms with E-state index in [0.29, 0.717) is 13.0 Å². The normalized spacial score (nSPS) is 14.3. The van der Waals surface area contributed by atoms with Crippen LogP contribution in [0.3, 0.4) is 0 Å². The van der Waals surface area contributed by atoms with Gasteiger partial charge in [0.25, 0.3) is 0 Å². The van der Waals surface area contributed by atoms with Gasteiger partial charge in [-0.15, -0.1) is 0 Å². The van der Waals surface area contributed by atoms with Crippen LogP contribution in [0, 0.1) is 11.3 Å². The summed E-state index contributed by atoms with van der Waals surface area (Å²) in [5.41, 5.74) is 0.529. The van der Waals surface area contributed by atoms with Gasteiger partial charge in [0.2, 0.25) is 11.8 Å². The topological polar surface area (TPSA) is 107 Å². The van der Waals surface area contributed by atoms with Gasteiger partial charge in [0, 0.05) is 25.6 Å². The zero-order valence-electron chi connectivity index (χ0n) is 15.2. The Morgan fingerprint density at radius 2 is 2.04 bits per heavy atom. The molecule has 0 fully saturated rings. The zero-order chi connectivity index (χ0) is 19.5. The second kappa shape index (κ2) is 7.46. The Balaban J connectivity index is 2.14. The van der Waals surface area contributed by atoms with Gasteiger partial charge in [-0.1, -0.05) is 0 Å². The van der Waals surface area contributed by atoms with Gasteiger partial charge in [0.1, 0.15) is 5.54 Å². The van der Waals surface area contributed by atoms with Crippen molar-refractivity contribution in [3.63, 3.8) is 0 Å². The van der Waals surface area contributed by atoms with Crippen molar-refractivity contribution in [1.29, 1.82) is 5.26 Å². The molecule has 7 nitrogen and oxygen atoms in total. The highest BCUT2D eigenvalue weighted by Crippen LogP contribution is 2.30. The summed E-state index contributed by atoms with van der Waals surface area (Å²) in [7, 11) is -3.64. The number of hydrogen-bond donors (Lipinski definition) is 1. The summed E-state index contributed by atoms with van der Waals surface area (Å²) >= 11 is 0. The first kappa shape index (κ1) is 19.9. The fourth-order valence-corrected chi connectivity index (χ4v) is 4.16. The third-order valence-electron chi connectivity index (χ3n) is 4.24. The highest BCUT2D eigenvalue weighted by atomic mass is 32.2. The van der Waals surface area contributed by atoms with Gasteiger partial charge in [-0.05, 0) is 50.5 Å². The first-order chi connectivity index (χ1) is 12.1. The minimum absolute atomic E-state index is 0.0710. The average molecular weight is 377 g/mol. The van der Waals surface area contributed by atoms with Gasteiger partial charge in [0.15, 0.2) is 9.84 Å². The number of benzene rings is 1. The van der Waals surface area contributed by atoms with Crippen LogP contribution in [0.15, 0.2) is 23.1 Å². The van der Waals surface area contributed by atoms with Crippen LogP contribution in [0.5, 0.6) is 0 Å². The largest absolute Gasteiger partial charge is 0.338 e. The van der Waals surface area contributed by atoms with Crippen molar-refractivity contribution in [2.45, 2.75) is 50.5 Å². The van der Waals surface area contributed by atoms with Gasteiger partial charge in [-0.25, -0.2) is 8.42 Å². The Bertz CT molecular complexity index is 869. The molecule has 0 saturated carbocycles. The van der Waals surface area contributed by atoms with Crippen LogP contribution in [0.4, 0.5) is 5.69 Å². The van der Waals surface area contributed by atoms with Crippen LogP contribution in [0.25, 0.3) is 0 Å². The monoisotopic (exact) mass is 377 g/mol. The van der Waals surface area contributed by atoms with E-state index in [4.69, 9.17) is 5.26 Å². The van der Waals surface area contributed by atoms with E-state index in [0.717, 1.165) is 17.7 Å². The van der Waals surface area contributed by atoms with E-state index in [-0.39, 0.29) is 23.0 Å². The third kappa shape index (κ3) is 4.61. The summed E-state index contributed by atoms with van der Waals surface area (Å²) in [5.74, 6) is -0.894. The Hall–Kier alpha value is -2.40. The number of aryl methyl sites for hydroxylation is 1. The molecule has 0 spiro atoms. The molecule has 1 N–H and O–H groups in total. The quantitative estimate of drug-likeness (QED) is 0.838. The molecule has 0 aliphatic carbocycles. The molecular formula is C18H23N3O4S. The summed E-state index contributed by atoms with van der Waals surface area (Å²) in [6, 6.07) is 6.66. The molecule has 2 rings (SSSR count). The number of nitriles is 1. The standard InChI is InChI=1S/C18H23N3O4S/c1-13(22)21-9-4-5-14-11-15(6-7-16(14)21)26(24,25)10-8-17(23)20-18(2,3)12-19/h6-7,11H,4-5,8-10H2,1-3H3,(H,20,23). The number of rotatable bonds is 5. The second-order valence-corrected chi connectivity index (χ2v) is 9.03. The first-order valence-electron chi connectivity index (χ1n) is 8.42. The highest BCUT2D eigenvalue weighted by Gasteiger charge is 2.25. The molecule has 140 valence electrons. The minimum Gasteiger partial charge on any atom is -0.338 e. The van der Waals surface area contributed by atoms with Crippen molar-refractivity contribution in [3.8, 4) is 6.07 Å². The molecule has 0 unspecified atom stereocenters. The van der Waals surface area contributed by atoms with Crippen molar-refractivity contribution in [2.24, 2.45) is 0 Å². The maximum Gasteiger partial charge on any atom is 0.223 e. The lowest BCUT2D eigenvalue weighted by atomic mass is 10.0. The molecule has 1 aromatic rings. The average Bonchev–Trinajstić information content (AvgIpc) is 2.58. The molecule has 1 aliphatic rings. The molecule has 0 aromatic heterocycles. The number of nitrogens with zero attached hydrogens (tertiary/aromatic N) is 2. The van der Waals surface area contributed by atoms with Crippen LogP contribution in [-0.2, 0) is 25.8 Å². The number of amides is 2. The predicted octanol–water partition coefficient (Wildman–Crippen LogP) is 1.57. The lowest BCUT2D eigenvalue weighted by Gasteiger charge is -2.28. The van der Waals surface area contributed by atoms with Crippen LogP contribution >= 0.6 is 0 Å². The molecule has 1 heterocycles. The maximum absolute atomic E-state index is 12.5. The van der Waals surface area contributed by atoms with Crippen molar-refractivity contribution in [2.75, 3.05) is 17.2 Å². The van der Waals surface area contributed by atoms with Gasteiger partial charge in [0.05, 0.1) is 16.7 Å². The Morgan fingerprint density at radius 3 is 2.65 bits per heavy atom. The van der Waals surface area contributed by atoms with Gasteiger partial charge in [-0.3, -0.25) is 9.59 Å². The van der Waals surface area contributed by atoms with E-state index in [1.807, 2.05) is 6.07 Å². The lowest BCUT2D eigenvalue weighted by molar-refractivity contribution is -0.121. The third-order valence-corrected chi connectivity index (χ3v) is 5.95. The number of hydrogen-bond acceptors (Lipinski definition) is 5. The Kier molecular flexibility index (Phi) is 5.71. The van der Waals surface area contributed by atoms with E-state index >= 15 is 0 Å². The molecule has 8 heteroatoms. The summed E-state index contributed by atoms with van der Waals surface area (Å²) in [6.45, 7) is 5.21. The Labute approximate surface area is 153 Å². The van der Waals surface area contributed by atoms with Crippen LogP contribution in [-0.4, -0.2) is 38.1 Å². The molecular weight excluding hydrogens is 354 g/mol. The van der Waals surface area contributed by atoms with Crippen molar-refractivity contribution >= 4 is 27.3 Å². The summed E-state index contributed by atoms with van der Waals surface area (Å²) in [4.78, 5) is 25.4. The van der Waals surface area contributed by atoms with Crippen LogP contribution < -0.4 is 10.2 Å². The first-order valence-corrected chi connectivity index (χ1v) is 10.1. The van der Waals surface area contributed by atoms with Crippen LogP contribution in [0.2, 0.25) is 0 Å². The highest BCUT2D eigenvalue weighted by molar-refractivity contribution is 7.91. The zero-order valence-corrected chi connectivity index (χ0v) is 16.0. The number of carbonyl (C=O) groups is 2. The van der Waals surface area contributed by atoms with Crippen molar-refractivity contribution < 1.29 is 18.0 Å². The molecule has 2 amide bonds. The lowest BCUT2D eigenvalue weighted by Crippen LogP contribution is -2.42. The number of anilines is 1. The molecule has 26 heavy (non-hydrogen) atoms. The molecule has 1 aromatic carbocycles. The molecule has 0 atom stereocenters. The van der Waals surface area contributed by atoms with Crippen LogP contribution in [0.1, 0.15) is 39.2 Å². The summed E-state index contributed by atoms with van der Waals surface area (Å²) in [6.07, 6.45) is 1.27. The predicted molar refractivity (Wildman–Crippen MR) is 97.3 cm³/mol. The SMILES string of the molecule is CC(=O)N1CCCc2cc(S(=O)(=O)CCC(=O)NC(C)(C)C#N)ccc21. The van der Waals surface area contributed by atoms with Gasteiger partial charge >= 0.3 is 0 Å². The van der Waals surface area contributed by atoms with Crippen molar-refractivity contribution in [3.05, 3.63) is 23.8 Å². The van der Waals surface area contributed by atoms with Crippen molar-refractivity contribution in [1.82, 2.24) is 5.32 Å². The van der Waals surface area contributed by atoms with E-state index in [9.17, 15) is 18.0 Å². The van der Waals surface area contributed by atoms with E-state index in [1.54, 1.807) is 30.9 Å². The smallest absolute Gasteiger partial charge is 0.223 e. The summed E-state index contributed by atoms with van der Waals surface area (Å²) in [5, 5.41) is 11.4. The summed E-state index contributed by atoms with van der Waals surface area (Å²) < 4.78 is 25.1. The number of sulfone groups is 1.